The minimum atomic E-state index is -0.570. The lowest BCUT2D eigenvalue weighted by molar-refractivity contribution is -0.385. The summed E-state index contributed by atoms with van der Waals surface area (Å²) in [5.74, 6) is 0.0465. The van der Waals surface area contributed by atoms with Gasteiger partial charge in [0, 0.05) is 24.3 Å². The van der Waals surface area contributed by atoms with Crippen LogP contribution in [-0.4, -0.2) is 51.6 Å². The number of non-ortho nitro benzene ring substituents is 2. The van der Waals surface area contributed by atoms with Gasteiger partial charge < -0.3 is 20.1 Å². The molecule has 3 N–H and O–H groups in total. The number of aliphatic hydroxyl groups excluding tert-OH is 3. The molecule has 0 saturated carbocycles. The maximum Gasteiger partial charge on any atom is 0.269 e. The molecule has 0 bridgehead atoms. The van der Waals surface area contributed by atoms with Crippen LogP contribution in [0.4, 0.5) is 15.8 Å². The molecule has 28 heavy (non-hydrogen) atoms. The van der Waals surface area contributed by atoms with Crippen LogP contribution in [0.25, 0.3) is 0 Å². The predicted molar refractivity (Wildman–Crippen MR) is 99.6 cm³/mol. The SMILES string of the molecule is C.O=[N+]([O-])c1ccc(F)cc1.O=[N+]([O-])c1ccc(OCCO)cc1.OCCO. The largest absolute Gasteiger partial charge is 0.491 e. The van der Waals surface area contributed by atoms with Crippen LogP contribution in [0.15, 0.2) is 48.5 Å². The molecule has 0 aliphatic carbocycles. The van der Waals surface area contributed by atoms with Crippen LogP contribution in [0, 0.1) is 26.0 Å². The highest BCUT2D eigenvalue weighted by molar-refractivity contribution is 5.35. The number of nitro groups is 2. The van der Waals surface area contributed by atoms with Crippen molar-refractivity contribution in [1.29, 1.82) is 0 Å². The number of aliphatic hydroxyl groups is 3. The highest BCUT2D eigenvalue weighted by Crippen LogP contribution is 2.16. The van der Waals surface area contributed by atoms with E-state index in [4.69, 9.17) is 20.1 Å². The van der Waals surface area contributed by atoms with Crippen LogP contribution in [0.3, 0.4) is 0 Å². The van der Waals surface area contributed by atoms with Crippen LogP contribution in [0.1, 0.15) is 7.43 Å². The van der Waals surface area contributed by atoms with Gasteiger partial charge in [-0.1, -0.05) is 7.43 Å². The molecule has 0 aliphatic rings. The number of halogens is 1. The molecule has 0 spiro atoms. The van der Waals surface area contributed by atoms with Crippen molar-refractivity contribution in [2.45, 2.75) is 7.43 Å². The van der Waals surface area contributed by atoms with E-state index in [1.807, 2.05) is 0 Å². The van der Waals surface area contributed by atoms with Gasteiger partial charge in [0.15, 0.2) is 0 Å². The van der Waals surface area contributed by atoms with E-state index in [-0.39, 0.29) is 45.2 Å². The molecule has 0 aromatic heterocycles. The Morgan fingerprint density at radius 3 is 1.50 bits per heavy atom. The standard InChI is InChI=1S/C8H9NO4.C6H4FNO2.C2H6O2.CH4/c10-5-6-13-8-3-1-7(2-4-8)9(11)12;7-5-1-3-6(4-2-5)8(9)10;3-1-2-4;/h1-4,10H,5-6H2;1-4H;3-4H,1-2H2;1H4. The third-order valence-corrected chi connectivity index (χ3v) is 2.54. The Hall–Kier alpha value is -3.15. The number of ether oxygens (including phenoxy) is 1. The maximum atomic E-state index is 12.1. The van der Waals surface area contributed by atoms with E-state index in [0.29, 0.717) is 5.75 Å². The zero-order valence-corrected chi connectivity index (χ0v) is 14.1. The van der Waals surface area contributed by atoms with E-state index < -0.39 is 15.7 Å². The Morgan fingerprint density at radius 2 is 1.18 bits per heavy atom. The molecule has 0 heterocycles. The van der Waals surface area contributed by atoms with Gasteiger partial charge in [0.25, 0.3) is 11.4 Å². The van der Waals surface area contributed by atoms with Gasteiger partial charge in [0.05, 0.1) is 29.7 Å². The first-order chi connectivity index (χ1) is 12.8. The van der Waals surface area contributed by atoms with E-state index in [0.717, 1.165) is 24.3 Å². The Balaban J connectivity index is 0. The van der Waals surface area contributed by atoms with Crippen molar-refractivity contribution in [3.63, 3.8) is 0 Å². The molecule has 0 amide bonds. The molecule has 0 fully saturated rings. The fraction of sp³-hybridized carbons (Fsp3) is 0.294. The van der Waals surface area contributed by atoms with Gasteiger partial charge in [-0.3, -0.25) is 20.2 Å². The molecule has 0 aliphatic heterocycles. The smallest absolute Gasteiger partial charge is 0.269 e. The van der Waals surface area contributed by atoms with Gasteiger partial charge in [-0.15, -0.1) is 0 Å². The average Bonchev–Trinajstić information content (AvgIpc) is 2.67. The molecule has 2 aromatic rings. The van der Waals surface area contributed by atoms with Crippen molar-refractivity contribution >= 4 is 11.4 Å². The molecule has 2 aromatic carbocycles. The molecule has 2 rings (SSSR count). The fourth-order valence-electron chi connectivity index (χ4n) is 1.39. The van der Waals surface area contributed by atoms with Gasteiger partial charge >= 0.3 is 0 Å². The topological polar surface area (TPSA) is 156 Å². The van der Waals surface area contributed by atoms with Crippen molar-refractivity contribution in [2.75, 3.05) is 26.4 Å². The van der Waals surface area contributed by atoms with Crippen molar-refractivity contribution in [2.24, 2.45) is 0 Å². The Kier molecular flexibility index (Phi) is 15.5. The number of hydrogen-bond acceptors (Lipinski definition) is 8. The number of nitro benzene ring substituents is 2. The highest BCUT2D eigenvalue weighted by Gasteiger charge is 2.03. The number of hydrogen-bond donors (Lipinski definition) is 3. The lowest BCUT2D eigenvalue weighted by Crippen LogP contribution is -2.01. The summed E-state index contributed by atoms with van der Waals surface area (Å²) in [6.45, 7) is -0.130. The molecular formula is C17H23FN2O8. The van der Waals surface area contributed by atoms with Gasteiger partial charge in [-0.2, -0.15) is 0 Å². The summed E-state index contributed by atoms with van der Waals surface area (Å²) in [6, 6.07) is 10.0. The zero-order chi connectivity index (χ0) is 20.7. The summed E-state index contributed by atoms with van der Waals surface area (Å²) in [5, 5.41) is 43.9. The number of nitrogens with zero attached hydrogens (tertiary/aromatic N) is 2. The van der Waals surface area contributed by atoms with E-state index in [9.17, 15) is 24.6 Å². The minimum absolute atomic E-state index is 0. The van der Waals surface area contributed by atoms with Gasteiger partial charge in [0.1, 0.15) is 18.2 Å². The molecule has 0 radical (unpaired) electrons. The Morgan fingerprint density at radius 1 is 0.786 bits per heavy atom. The summed E-state index contributed by atoms with van der Waals surface area (Å²) >= 11 is 0. The second-order valence-corrected chi connectivity index (χ2v) is 4.50. The molecule has 0 atom stereocenters. The second kappa shape index (κ2) is 16.1. The summed E-state index contributed by atoms with van der Waals surface area (Å²) in [4.78, 5) is 19.2. The molecule has 0 saturated heterocycles. The summed E-state index contributed by atoms with van der Waals surface area (Å²) in [7, 11) is 0. The van der Waals surface area contributed by atoms with Gasteiger partial charge in [-0.05, 0) is 24.3 Å². The number of rotatable bonds is 6. The minimum Gasteiger partial charge on any atom is -0.491 e. The predicted octanol–water partition coefficient (Wildman–Crippen LogP) is 2.31. The van der Waals surface area contributed by atoms with Crippen LogP contribution in [0.2, 0.25) is 0 Å². The van der Waals surface area contributed by atoms with Crippen molar-refractivity contribution in [1.82, 2.24) is 0 Å². The normalized spacial score (nSPS) is 8.86. The lowest BCUT2D eigenvalue weighted by atomic mass is 10.3. The molecular weight excluding hydrogens is 379 g/mol. The molecule has 10 nitrogen and oxygen atoms in total. The quantitative estimate of drug-likeness (QED) is 0.491. The van der Waals surface area contributed by atoms with Crippen LogP contribution in [0.5, 0.6) is 5.75 Å². The summed E-state index contributed by atoms with van der Waals surface area (Å²) < 4.78 is 17.1. The van der Waals surface area contributed by atoms with Crippen LogP contribution in [-0.2, 0) is 0 Å². The monoisotopic (exact) mass is 402 g/mol. The van der Waals surface area contributed by atoms with E-state index >= 15 is 0 Å². The van der Waals surface area contributed by atoms with Gasteiger partial charge in [-0.25, -0.2) is 4.39 Å². The first-order valence-corrected chi connectivity index (χ1v) is 7.45. The third kappa shape index (κ3) is 12.2. The Labute approximate surface area is 160 Å². The van der Waals surface area contributed by atoms with Gasteiger partial charge in [0.2, 0.25) is 0 Å². The fourth-order valence-corrected chi connectivity index (χ4v) is 1.39. The zero-order valence-electron chi connectivity index (χ0n) is 14.1. The molecule has 0 unspecified atom stereocenters. The summed E-state index contributed by atoms with van der Waals surface area (Å²) in [5.41, 5.74) is -0.0715. The second-order valence-electron chi connectivity index (χ2n) is 4.50. The van der Waals surface area contributed by atoms with Crippen LogP contribution < -0.4 is 4.74 Å². The third-order valence-electron chi connectivity index (χ3n) is 2.54. The van der Waals surface area contributed by atoms with Crippen LogP contribution >= 0.6 is 0 Å². The molecule has 156 valence electrons. The average molecular weight is 402 g/mol. The Bertz CT molecular complexity index is 679. The first-order valence-electron chi connectivity index (χ1n) is 7.45. The van der Waals surface area contributed by atoms with E-state index in [2.05, 4.69) is 0 Å². The van der Waals surface area contributed by atoms with E-state index in [1.54, 1.807) is 0 Å². The van der Waals surface area contributed by atoms with Crippen molar-refractivity contribution in [3.8, 4) is 5.75 Å². The number of benzene rings is 2. The molecule has 11 heteroatoms. The maximum absolute atomic E-state index is 12.1. The lowest BCUT2D eigenvalue weighted by Gasteiger charge is -2.02. The van der Waals surface area contributed by atoms with E-state index in [1.165, 1.54) is 24.3 Å². The highest BCUT2D eigenvalue weighted by atomic mass is 19.1. The van der Waals surface area contributed by atoms with Crippen molar-refractivity contribution in [3.05, 3.63) is 74.6 Å². The first kappa shape index (κ1) is 27.1. The summed E-state index contributed by atoms with van der Waals surface area (Å²) in [6.07, 6.45) is 0. The van der Waals surface area contributed by atoms with Crippen molar-refractivity contribution < 1.29 is 34.3 Å².